The van der Waals surface area contributed by atoms with Crippen molar-refractivity contribution in [3.8, 4) is 5.75 Å². The van der Waals surface area contributed by atoms with Gasteiger partial charge in [0.15, 0.2) is 0 Å². The summed E-state index contributed by atoms with van der Waals surface area (Å²) in [4.78, 5) is 11.8. The predicted octanol–water partition coefficient (Wildman–Crippen LogP) is 2.50. The molecule has 0 atom stereocenters. The summed E-state index contributed by atoms with van der Waals surface area (Å²) in [5.74, 6) is -1.19. The second-order valence-electron chi connectivity index (χ2n) is 6.88. The van der Waals surface area contributed by atoms with Crippen LogP contribution in [0.4, 0.5) is 8.78 Å². The Hall–Kier alpha value is -2.57. The highest BCUT2D eigenvalue weighted by Crippen LogP contribution is 2.25. The molecule has 1 fully saturated rings. The number of amides is 1. The molecule has 0 spiro atoms. The average molecular weight is 475 g/mol. The van der Waals surface area contributed by atoms with Crippen LogP contribution in [0.2, 0.25) is 0 Å². The number of alkyl halides is 2. The van der Waals surface area contributed by atoms with Crippen LogP contribution in [0.3, 0.4) is 0 Å². The third kappa shape index (κ3) is 5.20. The highest BCUT2D eigenvalue weighted by molar-refractivity contribution is 7.90. The smallest absolute Gasteiger partial charge is 0.387 e. The minimum Gasteiger partial charge on any atom is -0.435 e. The van der Waals surface area contributed by atoms with Crippen LogP contribution in [-0.4, -0.2) is 46.7 Å². The number of nitrogens with zero attached hydrogens (tertiary/aromatic N) is 1. The molecule has 0 aliphatic carbocycles. The maximum atomic E-state index is 12.8. The minimum absolute atomic E-state index is 0.108. The molecular weight excluding hydrogens is 454 g/mol. The Bertz CT molecular complexity index is 1180. The highest BCUT2D eigenvalue weighted by Gasteiger charge is 2.29. The van der Waals surface area contributed by atoms with Gasteiger partial charge in [0.05, 0.1) is 9.79 Å². The van der Waals surface area contributed by atoms with E-state index in [9.17, 15) is 30.4 Å². The van der Waals surface area contributed by atoms with E-state index in [1.807, 2.05) is 4.72 Å². The molecule has 0 aromatic heterocycles. The molecule has 31 heavy (non-hydrogen) atoms. The number of nitrogens with one attached hydrogen (secondary N) is 1. The van der Waals surface area contributed by atoms with Crippen LogP contribution in [0.1, 0.15) is 28.8 Å². The average Bonchev–Trinajstić information content (AvgIpc) is 3.23. The molecule has 0 unspecified atom stereocenters. The van der Waals surface area contributed by atoms with Crippen molar-refractivity contribution < 1.29 is 35.1 Å². The fourth-order valence-electron chi connectivity index (χ4n) is 3.13. The first-order valence-corrected chi connectivity index (χ1v) is 12.2. The van der Waals surface area contributed by atoms with Gasteiger partial charge in [-0.2, -0.15) is 13.1 Å². The molecule has 2 aromatic carbocycles. The van der Waals surface area contributed by atoms with E-state index in [2.05, 4.69) is 4.74 Å². The Morgan fingerprint density at radius 1 is 1.03 bits per heavy atom. The molecular formula is C19H20F2N2O6S2. The van der Waals surface area contributed by atoms with Gasteiger partial charge in [0.25, 0.3) is 15.9 Å². The van der Waals surface area contributed by atoms with E-state index in [0.717, 1.165) is 43.2 Å². The summed E-state index contributed by atoms with van der Waals surface area (Å²) >= 11 is 0. The largest absolute Gasteiger partial charge is 0.435 e. The van der Waals surface area contributed by atoms with Crippen LogP contribution in [0.5, 0.6) is 5.75 Å². The summed E-state index contributed by atoms with van der Waals surface area (Å²) < 4.78 is 82.9. The molecule has 1 N–H and O–H groups in total. The second kappa shape index (κ2) is 8.89. The normalized spacial score (nSPS) is 15.2. The quantitative estimate of drug-likeness (QED) is 0.660. The Kier molecular flexibility index (Phi) is 6.62. The molecule has 12 heteroatoms. The van der Waals surface area contributed by atoms with Gasteiger partial charge in [0, 0.05) is 18.7 Å². The summed E-state index contributed by atoms with van der Waals surface area (Å²) in [5, 5.41) is 0. The van der Waals surface area contributed by atoms with Gasteiger partial charge in [0.2, 0.25) is 10.0 Å². The van der Waals surface area contributed by atoms with Crippen molar-refractivity contribution in [2.24, 2.45) is 0 Å². The number of hydrogen-bond donors (Lipinski definition) is 1. The fourth-order valence-corrected chi connectivity index (χ4v) is 6.00. The number of carbonyl (C=O) groups is 1. The molecule has 0 saturated carbocycles. The van der Waals surface area contributed by atoms with Crippen LogP contribution in [0.15, 0.2) is 52.3 Å². The van der Waals surface area contributed by atoms with E-state index in [4.69, 9.17) is 0 Å². The van der Waals surface area contributed by atoms with Crippen molar-refractivity contribution in [1.82, 2.24) is 9.03 Å². The van der Waals surface area contributed by atoms with Crippen molar-refractivity contribution in [3.63, 3.8) is 0 Å². The van der Waals surface area contributed by atoms with E-state index in [1.165, 1.54) is 23.4 Å². The number of benzene rings is 2. The summed E-state index contributed by atoms with van der Waals surface area (Å²) in [6, 6.07) is 8.17. The first kappa shape index (κ1) is 23.1. The third-order valence-electron chi connectivity index (χ3n) is 4.72. The zero-order chi connectivity index (χ0) is 22.8. The number of carbonyl (C=O) groups excluding carboxylic acids is 1. The van der Waals surface area contributed by atoms with Gasteiger partial charge in [-0.15, -0.1) is 0 Å². The Labute approximate surface area is 178 Å². The van der Waals surface area contributed by atoms with Gasteiger partial charge in [-0.05, 0) is 61.7 Å². The molecule has 1 aliphatic heterocycles. The molecule has 1 heterocycles. The molecule has 168 valence electrons. The first-order valence-electron chi connectivity index (χ1n) is 9.23. The van der Waals surface area contributed by atoms with Crippen molar-refractivity contribution in [2.75, 3.05) is 13.1 Å². The molecule has 0 radical (unpaired) electrons. The monoisotopic (exact) mass is 474 g/mol. The number of sulfonamides is 2. The Morgan fingerprint density at radius 3 is 2.23 bits per heavy atom. The lowest BCUT2D eigenvalue weighted by molar-refractivity contribution is -0.0498. The zero-order valence-corrected chi connectivity index (χ0v) is 18.0. The van der Waals surface area contributed by atoms with Crippen molar-refractivity contribution in [2.45, 2.75) is 36.2 Å². The molecule has 1 saturated heterocycles. The van der Waals surface area contributed by atoms with Crippen LogP contribution < -0.4 is 9.46 Å². The number of halogens is 2. The second-order valence-corrected chi connectivity index (χ2v) is 10.5. The predicted molar refractivity (Wildman–Crippen MR) is 107 cm³/mol. The van der Waals surface area contributed by atoms with Gasteiger partial charge in [-0.25, -0.2) is 21.6 Å². The first-order chi connectivity index (χ1) is 14.5. The number of aryl methyl sites for hydroxylation is 1. The van der Waals surface area contributed by atoms with Crippen LogP contribution in [0.25, 0.3) is 0 Å². The van der Waals surface area contributed by atoms with E-state index in [0.29, 0.717) is 13.1 Å². The van der Waals surface area contributed by atoms with Crippen LogP contribution in [-0.2, 0) is 20.0 Å². The standard InChI is InChI=1S/C19H20F2N2O6S2/c1-13-4-9-16(31(27,28)23-10-2-3-11-23)12-17(13)30(25,26)22-18(24)14-5-7-15(8-6-14)29-19(20)21/h4-9,12,19H,2-3,10-11H2,1H3,(H,22,24). The number of ether oxygens (including phenoxy) is 1. The maximum Gasteiger partial charge on any atom is 0.387 e. The fraction of sp³-hybridized carbons (Fsp3) is 0.316. The Morgan fingerprint density at radius 2 is 1.65 bits per heavy atom. The topological polar surface area (TPSA) is 110 Å². The summed E-state index contributed by atoms with van der Waals surface area (Å²) in [7, 11) is -8.26. The van der Waals surface area contributed by atoms with Gasteiger partial charge in [-0.1, -0.05) is 6.07 Å². The maximum absolute atomic E-state index is 12.8. The van der Waals surface area contributed by atoms with E-state index in [-0.39, 0.29) is 26.7 Å². The molecule has 2 aromatic rings. The lowest BCUT2D eigenvalue weighted by Gasteiger charge is -2.17. The molecule has 1 aliphatic rings. The van der Waals surface area contributed by atoms with Gasteiger partial charge < -0.3 is 4.74 Å². The molecule has 8 nitrogen and oxygen atoms in total. The molecule has 1 amide bonds. The van der Waals surface area contributed by atoms with E-state index < -0.39 is 32.6 Å². The summed E-state index contributed by atoms with van der Waals surface area (Å²) in [5.41, 5.74) is 0.144. The lowest BCUT2D eigenvalue weighted by Crippen LogP contribution is -2.32. The van der Waals surface area contributed by atoms with Gasteiger partial charge in [0.1, 0.15) is 5.75 Å². The van der Waals surface area contributed by atoms with Crippen LogP contribution in [0, 0.1) is 6.92 Å². The van der Waals surface area contributed by atoms with Crippen molar-refractivity contribution in [3.05, 3.63) is 53.6 Å². The summed E-state index contributed by atoms with van der Waals surface area (Å²) in [6.45, 7) is -0.838. The minimum atomic E-state index is -4.41. The Balaban J connectivity index is 1.85. The van der Waals surface area contributed by atoms with Crippen molar-refractivity contribution in [1.29, 1.82) is 0 Å². The zero-order valence-electron chi connectivity index (χ0n) is 16.4. The third-order valence-corrected chi connectivity index (χ3v) is 8.09. The van der Waals surface area contributed by atoms with Gasteiger partial charge in [-0.3, -0.25) is 4.79 Å². The highest BCUT2D eigenvalue weighted by atomic mass is 32.2. The van der Waals surface area contributed by atoms with Crippen molar-refractivity contribution >= 4 is 26.0 Å². The van der Waals surface area contributed by atoms with Crippen LogP contribution >= 0.6 is 0 Å². The number of hydrogen-bond acceptors (Lipinski definition) is 6. The molecule has 3 rings (SSSR count). The SMILES string of the molecule is Cc1ccc(S(=O)(=O)N2CCCC2)cc1S(=O)(=O)NC(=O)c1ccc(OC(F)F)cc1. The summed E-state index contributed by atoms with van der Waals surface area (Å²) in [6.07, 6.45) is 1.46. The number of rotatable bonds is 7. The lowest BCUT2D eigenvalue weighted by atomic mass is 10.2. The van der Waals surface area contributed by atoms with Gasteiger partial charge >= 0.3 is 6.61 Å². The van der Waals surface area contributed by atoms with E-state index >= 15 is 0 Å². The molecule has 0 bridgehead atoms. The van der Waals surface area contributed by atoms with E-state index in [1.54, 1.807) is 0 Å².